The molecule has 1 aromatic rings. The number of halogens is 2. The van der Waals surface area contributed by atoms with Crippen LogP contribution in [0.25, 0.3) is 0 Å². The van der Waals surface area contributed by atoms with Crippen molar-refractivity contribution in [3.05, 3.63) is 23.4 Å². The van der Waals surface area contributed by atoms with E-state index in [1.807, 2.05) is 12.1 Å². The third-order valence-corrected chi connectivity index (χ3v) is 3.00. The van der Waals surface area contributed by atoms with Crippen LogP contribution in [-0.2, 0) is 0 Å². The Morgan fingerprint density at radius 3 is 2.77 bits per heavy atom. The van der Waals surface area contributed by atoms with Gasteiger partial charge in [0.05, 0.1) is 10.0 Å². The Morgan fingerprint density at radius 2 is 2.15 bits per heavy atom. The molecule has 0 saturated heterocycles. The molecular weight excluding hydrogens is 225 g/mol. The van der Waals surface area contributed by atoms with Crippen molar-refractivity contribution in [1.82, 2.24) is 4.98 Å². The predicted octanol–water partition coefficient (Wildman–Crippen LogP) is 3.85. The number of pyridine rings is 1. The lowest BCUT2D eigenvalue weighted by molar-refractivity contribution is 0.901. The second-order valence-corrected chi connectivity index (χ2v) is 4.49. The third-order valence-electron chi connectivity index (χ3n) is 1.48. The standard InChI is InChI=1S/C9H11Cl2NS/c10-5-1-2-6-13-9-4-3-8(11)7-12-9/h3-4,7H,1-2,5-6H2. The summed E-state index contributed by atoms with van der Waals surface area (Å²) in [5.74, 6) is 1.82. The van der Waals surface area contributed by atoms with Gasteiger partial charge in [0.15, 0.2) is 0 Å². The average molecular weight is 236 g/mol. The largest absolute Gasteiger partial charge is 0.248 e. The van der Waals surface area contributed by atoms with Crippen LogP contribution in [0.2, 0.25) is 5.02 Å². The van der Waals surface area contributed by atoms with Gasteiger partial charge in [-0.3, -0.25) is 0 Å². The molecule has 0 spiro atoms. The zero-order valence-corrected chi connectivity index (χ0v) is 9.50. The van der Waals surface area contributed by atoms with Crippen LogP contribution in [0.15, 0.2) is 23.4 Å². The highest BCUT2D eigenvalue weighted by Crippen LogP contribution is 2.18. The SMILES string of the molecule is ClCCCCSc1ccc(Cl)cn1. The maximum Gasteiger partial charge on any atom is 0.0960 e. The summed E-state index contributed by atoms with van der Waals surface area (Å²) < 4.78 is 0. The summed E-state index contributed by atoms with van der Waals surface area (Å²) in [7, 11) is 0. The van der Waals surface area contributed by atoms with Gasteiger partial charge in [-0.25, -0.2) is 4.98 Å². The van der Waals surface area contributed by atoms with Gasteiger partial charge in [-0.2, -0.15) is 0 Å². The molecule has 0 atom stereocenters. The topological polar surface area (TPSA) is 12.9 Å². The van der Waals surface area contributed by atoms with Crippen molar-refractivity contribution in [3.63, 3.8) is 0 Å². The van der Waals surface area contributed by atoms with Crippen molar-refractivity contribution in [2.45, 2.75) is 17.9 Å². The van der Waals surface area contributed by atoms with E-state index < -0.39 is 0 Å². The fourth-order valence-corrected chi connectivity index (χ4v) is 1.97. The van der Waals surface area contributed by atoms with Gasteiger partial charge in [0.1, 0.15) is 0 Å². The van der Waals surface area contributed by atoms with Crippen LogP contribution in [0, 0.1) is 0 Å². The molecule has 1 aromatic heterocycles. The van der Waals surface area contributed by atoms with Crippen LogP contribution in [0.4, 0.5) is 0 Å². The second kappa shape index (κ2) is 6.52. The van der Waals surface area contributed by atoms with Crippen molar-refractivity contribution in [2.75, 3.05) is 11.6 Å². The molecule has 0 unspecified atom stereocenters. The number of unbranched alkanes of at least 4 members (excludes halogenated alkanes) is 1. The van der Waals surface area contributed by atoms with Crippen LogP contribution in [-0.4, -0.2) is 16.6 Å². The highest BCUT2D eigenvalue weighted by Gasteiger charge is 1.95. The molecule has 0 N–H and O–H groups in total. The summed E-state index contributed by atoms with van der Waals surface area (Å²) in [6, 6.07) is 3.80. The summed E-state index contributed by atoms with van der Waals surface area (Å²) in [6.45, 7) is 0. The lowest BCUT2D eigenvalue weighted by atomic mass is 10.4. The summed E-state index contributed by atoms with van der Waals surface area (Å²) >= 11 is 13.0. The molecule has 72 valence electrons. The Labute approximate surface area is 92.8 Å². The van der Waals surface area contributed by atoms with Crippen LogP contribution < -0.4 is 0 Å². The zero-order valence-electron chi connectivity index (χ0n) is 7.17. The highest BCUT2D eigenvalue weighted by atomic mass is 35.5. The molecular formula is C9H11Cl2NS. The molecule has 0 fully saturated rings. The van der Waals surface area contributed by atoms with E-state index in [9.17, 15) is 0 Å². The minimum Gasteiger partial charge on any atom is -0.248 e. The third kappa shape index (κ3) is 4.75. The molecule has 0 amide bonds. The van der Waals surface area contributed by atoms with E-state index in [0.717, 1.165) is 29.5 Å². The number of thioether (sulfide) groups is 1. The Hall–Kier alpha value is 0.0800. The normalized spacial score (nSPS) is 10.3. The summed E-state index contributed by atoms with van der Waals surface area (Å²) in [5, 5.41) is 1.71. The Balaban J connectivity index is 2.25. The first-order valence-electron chi connectivity index (χ1n) is 4.13. The first-order chi connectivity index (χ1) is 6.33. The van der Waals surface area contributed by atoms with Crippen LogP contribution in [0.1, 0.15) is 12.8 Å². The molecule has 1 rings (SSSR count). The number of hydrogen-bond acceptors (Lipinski definition) is 2. The van der Waals surface area contributed by atoms with Crippen molar-refractivity contribution >= 4 is 35.0 Å². The van der Waals surface area contributed by atoms with Crippen LogP contribution in [0.3, 0.4) is 0 Å². The van der Waals surface area contributed by atoms with E-state index >= 15 is 0 Å². The number of alkyl halides is 1. The van der Waals surface area contributed by atoms with Gasteiger partial charge < -0.3 is 0 Å². The molecule has 4 heteroatoms. The van der Waals surface area contributed by atoms with Crippen molar-refractivity contribution in [1.29, 1.82) is 0 Å². The first kappa shape index (κ1) is 11.2. The summed E-state index contributed by atoms with van der Waals surface area (Å²) in [5.41, 5.74) is 0. The molecule has 1 nitrogen and oxygen atoms in total. The first-order valence-corrected chi connectivity index (χ1v) is 6.03. The van der Waals surface area contributed by atoms with Crippen LogP contribution in [0.5, 0.6) is 0 Å². The Kier molecular flexibility index (Phi) is 5.60. The number of hydrogen-bond donors (Lipinski definition) is 0. The maximum atomic E-state index is 5.71. The van der Waals surface area contributed by atoms with Crippen molar-refractivity contribution in [2.24, 2.45) is 0 Å². The fourth-order valence-electron chi connectivity index (χ4n) is 0.821. The molecule has 0 radical (unpaired) electrons. The molecule has 0 saturated carbocycles. The lowest BCUT2D eigenvalue weighted by Gasteiger charge is -1.99. The van der Waals surface area contributed by atoms with E-state index in [0.29, 0.717) is 5.02 Å². The van der Waals surface area contributed by atoms with Crippen LogP contribution >= 0.6 is 35.0 Å². The minimum absolute atomic E-state index is 0.685. The number of aromatic nitrogens is 1. The molecule has 1 heterocycles. The van der Waals surface area contributed by atoms with Gasteiger partial charge in [0.2, 0.25) is 0 Å². The van der Waals surface area contributed by atoms with Gasteiger partial charge in [-0.05, 0) is 30.7 Å². The maximum absolute atomic E-state index is 5.71. The minimum atomic E-state index is 0.685. The van der Waals surface area contributed by atoms with Gasteiger partial charge in [0, 0.05) is 12.1 Å². The van der Waals surface area contributed by atoms with Gasteiger partial charge >= 0.3 is 0 Å². The zero-order chi connectivity index (χ0) is 9.52. The lowest BCUT2D eigenvalue weighted by Crippen LogP contribution is -1.84. The second-order valence-electron chi connectivity index (χ2n) is 2.56. The average Bonchev–Trinajstić information content (AvgIpc) is 2.15. The van der Waals surface area contributed by atoms with Gasteiger partial charge in [0.25, 0.3) is 0 Å². The quantitative estimate of drug-likeness (QED) is 0.437. The van der Waals surface area contributed by atoms with Gasteiger partial charge in [-0.1, -0.05) is 11.6 Å². The van der Waals surface area contributed by atoms with Crippen molar-refractivity contribution < 1.29 is 0 Å². The number of nitrogens with zero attached hydrogens (tertiary/aromatic N) is 1. The Morgan fingerprint density at radius 1 is 1.31 bits per heavy atom. The summed E-state index contributed by atoms with van der Waals surface area (Å²) in [4.78, 5) is 4.17. The molecule has 13 heavy (non-hydrogen) atoms. The van der Waals surface area contributed by atoms with E-state index in [2.05, 4.69) is 4.98 Å². The fraction of sp³-hybridized carbons (Fsp3) is 0.444. The monoisotopic (exact) mass is 235 g/mol. The van der Waals surface area contributed by atoms with E-state index in [4.69, 9.17) is 23.2 Å². The smallest absolute Gasteiger partial charge is 0.0960 e. The van der Waals surface area contributed by atoms with Crippen molar-refractivity contribution in [3.8, 4) is 0 Å². The number of rotatable bonds is 5. The molecule has 0 bridgehead atoms. The Bertz CT molecular complexity index is 238. The van der Waals surface area contributed by atoms with Gasteiger partial charge in [-0.15, -0.1) is 23.4 Å². The van der Waals surface area contributed by atoms with E-state index in [1.54, 1.807) is 18.0 Å². The molecule has 0 aliphatic carbocycles. The highest BCUT2D eigenvalue weighted by molar-refractivity contribution is 7.99. The molecule has 0 aliphatic rings. The summed E-state index contributed by atoms with van der Waals surface area (Å²) in [6.07, 6.45) is 3.88. The molecule has 0 aromatic carbocycles. The van der Waals surface area contributed by atoms with E-state index in [1.165, 1.54) is 0 Å². The van der Waals surface area contributed by atoms with E-state index in [-0.39, 0.29) is 0 Å². The predicted molar refractivity (Wildman–Crippen MR) is 59.9 cm³/mol. The molecule has 0 aliphatic heterocycles.